The van der Waals surface area contributed by atoms with Crippen LogP contribution >= 0.6 is 24.0 Å². The zero-order valence-electron chi connectivity index (χ0n) is 12.3. The van der Waals surface area contributed by atoms with Gasteiger partial charge >= 0.3 is 0 Å². The molecule has 0 saturated carbocycles. The van der Waals surface area contributed by atoms with Gasteiger partial charge in [-0.05, 0) is 20.4 Å². The molecular weight excluding hydrogens is 343 g/mol. The van der Waals surface area contributed by atoms with Gasteiger partial charge in [0.2, 0.25) is 0 Å². The van der Waals surface area contributed by atoms with Crippen molar-refractivity contribution in [3.63, 3.8) is 0 Å². The van der Waals surface area contributed by atoms with Crippen LogP contribution in [0.2, 0.25) is 0 Å². The van der Waals surface area contributed by atoms with E-state index in [0.29, 0.717) is 12.6 Å². The van der Waals surface area contributed by atoms with Crippen LogP contribution in [0.5, 0.6) is 0 Å². The van der Waals surface area contributed by atoms with E-state index in [9.17, 15) is 0 Å². The second kappa shape index (κ2) is 13.4. The Bertz CT molecular complexity index is 212. The molecule has 0 bridgehead atoms. The van der Waals surface area contributed by atoms with Crippen LogP contribution in [0.1, 0.15) is 20.8 Å². The molecule has 0 aliphatic carbocycles. The van der Waals surface area contributed by atoms with E-state index in [1.807, 2.05) is 0 Å². The highest BCUT2D eigenvalue weighted by atomic mass is 127. The van der Waals surface area contributed by atoms with Gasteiger partial charge in [0.15, 0.2) is 5.96 Å². The molecular formula is C12H29IN4O. The summed E-state index contributed by atoms with van der Waals surface area (Å²) in [6, 6.07) is 0.588. The van der Waals surface area contributed by atoms with Crippen molar-refractivity contribution >= 4 is 29.9 Å². The lowest BCUT2D eigenvalue weighted by Gasteiger charge is -2.25. The van der Waals surface area contributed by atoms with Gasteiger partial charge in [0.05, 0.1) is 6.61 Å². The number of aliphatic imine (C=N–C) groups is 1. The first-order chi connectivity index (χ1) is 8.15. The molecule has 0 atom stereocenters. The normalized spacial score (nSPS) is 11.6. The molecule has 6 heteroatoms. The van der Waals surface area contributed by atoms with E-state index >= 15 is 0 Å². The second-order valence-electron chi connectivity index (χ2n) is 4.14. The molecule has 0 unspecified atom stereocenters. The fraction of sp³-hybridized carbons (Fsp3) is 0.917. The molecule has 2 N–H and O–H groups in total. The van der Waals surface area contributed by atoms with Crippen LogP contribution in [0.3, 0.4) is 0 Å². The van der Waals surface area contributed by atoms with Crippen molar-refractivity contribution in [2.75, 3.05) is 46.9 Å². The van der Waals surface area contributed by atoms with Gasteiger partial charge in [0.1, 0.15) is 0 Å². The van der Waals surface area contributed by atoms with Gasteiger partial charge < -0.3 is 15.4 Å². The van der Waals surface area contributed by atoms with Crippen molar-refractivity contribution in [2.24, 2.45) is 4.99 Å². The lowest BCUT2D eigenvalue weighted by atomic mass is 10.3. The number of halogens is 1. The Balaban J connectivity index is 0. The van der Waals surface area contributed by atoms with E-state index in [2.05, 4.69) is 41.3 Å². The Morgan fingerprint density at radius 3 is 2.33 bits per heavy atom. The molecule has 0 aromatic heterocycles. The summed E-state index contributed by atoms with van der Waals surface area (Å²) >= 11 is 0. The maximum Gasteiger partial charge on any atom is 0.191 e. The summed E-state index contributed by atoms with van der Waals surface area (Å²) in [7, 11) is 3.47. The third-order valence-corrected chi connectivity index (χ3v) is 2.65. The molecule has 0 radical (unpaired) electrons. The number of likely N-dealkylation sites (N-methyl/N-ethyl adjacent to an activating group) is 1. The number of methoxy groups -OCH3 is 1. The Labute approximate surface area is 129 Å². The third-order valence-electron chi connectivity index (χ3n) is 2.65. The van der Waals surface area contributed by atoms with E-state index in [4.69, 9.17) is 4.74 Å². The summed E-state index contributed by atoms with van der Waals surface area (Å²) in [5.41, 5.74) is 0. The van der Waals surface area contributed by atoms with Crippen LogP contribution < -0.4 is 10.6 Å². The largest absolute Gasteiger partial charge is 0.383 e. The number of nitrogens with zero attached hydrogens (tertiary/aromatic N) is 2. The highest BCUT2D eigenvalue weighted by Crippen LogP contribution is 1.95. The van der Waals surface area contributed by atoms with Gasteiger partial charge in [-0.2, -0.15) is 0 Å². The first-order valence-electron chi connectivity index (χ1n) is 6.33. The van der Waals surface area contributed by atoms with Crippen LogP contribution in [0, 0.1) is 0 Å². The molecule has 0 rings (SSSR count). The highest BCUT2D eigenvalue weighted by Gasteiger charge is 2.06. The fourth-order valence-corrected chi connectivity index (χ4v) is 1.59. The Kier molecular flexibility index (Phi) is 15.0. The lowest BCUT2D eigenvalue weighted by molar-refractivity contribution is 0.203. The summed E-state index contributed by atoms with van der Waals surface area (Å²) in [5.74, 6) is 0.835. The van der Waals surface area contributed by atoms with Crippen molar-refractivity contribution in [1.82, 2.24) is 15.5 Å². The SMILES string of the molecule is CCN(CCNC(=NC)NCCOC)C(C)C.I. The molecule has 0 aromatic rings. The summed E-state index contributed by atoms with van der Waals surface area (Å²) in [4.78, 5) is 6.56. The van der Waals surface area contributed by atoms with E-state index in [-0.39, 0.29) is 24.0 Å². The van der Waals surface area contributed by atoms with E-state index in [0.717, 1.165) is 32.1 Å². The highest BCUT2D eigenvalue weighted by molar-refractivity contribution is 14.0. The molecule has 0 aromatic carbocycles. The van der Waals surface area contributed by atoms with Gasteiger partial charge in [-0.25, -0.2) is 0 Å². The molecule has 0 fully saturated rings. The minimum atomic E-state index is 0. The van der Waals surface area contributed by atoms with Crippen LogP contribution in [0.4, 0.5) is 0 Å². The maximum atomic E-state index is 4.97. The Hall–Kier alpha value is -0.0800. The van der Waals surface area contributed by atoms with Crippen molar-refractivity contribution < 1.29 is 4.74 Å². The lowest BCUT2D eigenvalue weighted by Crippen LogP contribution is -2.43. The van der Waals surface area contributed by atoms with Crippen LogP contribution in [0.15, 0.2) is 4.99 Å². The van der Waals surface area contributed by atoms with Crippen molar-refractivity contribution in [1.29, 1.82) is 0 Å². The third kappa shape index (κ3) is 9.90. The van der Waals surface area contributed by atoms with Crippen LogP contribution in [-0.4, -0.2) is 63.8 Å². The van der Waals surface area contributed by atoms with E-state index in [1.54, 1.807) is 14.2 Å². The number of hydrogen-bond acceptors (Lipinski definition) is 3. The van der Waals surface area contributed by atoms with Crippen LogP contribution in [-0.2, 0) is 4.74 Å². The predicted molar refractivity (Wildman–Crippen MR) is 89.0 cm³/mol. The Morgan fingerprint density at radius 1 is 1.28 bits per heavy atom. The van der Waals surface area contributed by atoms with Crippen LogP contribution in [0.25, 0.3) is 0 Å². The number of nitrogens with one attached hydrogen (secondary N) is 2. The molecule has 0 spiro atoms. The summed E-state index contributed by atoms with van der Waals surface area (Å²) in [6.07, 6.45) is 0. The minimum Gasteiger partial charge on any atom is -0.383 e. The van der Waals surface area contributed by atoms with Gasteiger partial charge in [-0.1, -0.05) is 6.92 Å². The summed E-state index contributed by atoms with van der Waals surface area (Å²) in [5, 5.41) is 6.48. The predicted octanol–water partition coefficient (Wildman–Crippen LogP) is 1.15. The van der Waals surface area contributed by atoms with Gasteiger partial charge in [0.25, 0.3) is 0 Å². The quantitative estimate of drug-likeness (QED) is 0.291. The average Bonchev–Trinajstić information content (AvgIpc) is 2.32. The van der Waals surface area contributed by atoms with E-state index in [1.165, 1.54) is 0 Å². The number of hydrogen-bond donors (Lipinski definition) is 2. The topological polar surface area (TPSA) is 48.9 Å². The molecule has 0 aliphatic rings. The molecule has 110 valence electrons. The smallest absolute Gasteiger partial charge is 0.191 e. The molecule has 0 aliphatic heterocycles. The molecule has 18 heavy (non-hydrogen) atoms. The maximum absolute atomic E-state index is 4.97. The molecule has 0 amide bonds. The van der Waals surface area contributed by atoms with Gasteiger partial charge in [0, 0.05) is 39.8 Å². The standard InChI is InChI=1S/C12H28N4O.HI/c1-6-16(11(2)3)9-7-14-12(13-4)15-8-10-17-5;/h11H,6-10H2,1-5H3,(H2,13,14,15);1H. The average molecular weight is 372 g/mol. The molecule has 0 saturated heterocycles. The monoisotopic (exact) mass is 372 g/mol. The van der Waals surface area contributed by atoms with Crippen molar-refractivity contribution in [2.45, 2.75) is 26.8 Å². The van der Waals surface area contributed by atoms with Crippen molar-refractivity contribution in [3.8, 4) is 0 Å². The van der Waals surface area contributed by atoms with Crippen molar-refractivity contribution in [3.05, 3.63) is 0 Å². The Morgan fingerprint density at radius 2 is 1.89 bits per heavy atom. The first-order valence-corrected chi connectivity index (χ1v) is 6.33. The van der Waals surface area contributed by atoms with E-state index < -0.39 is 0 Å². The minimum absolute atomic E-state index is 0. The van der Waals surface area contributed by atoms with Gasteiger partial charge in [-0.3, -0.25) is 9.89 Å². The number of rotatable bonds is 8. The van der Waals surface area contributed by atoms with Gasteiger partial charge in [-0.15, -0.1) is 24.0 Å². The number of guanidine groups is 1. The summed E-state index contributed by atoms with van der Waals surface area (Å²) in [6.45, 7) is 11.1. The second-order valence-corrected chi connectivity index (χ2v) is 4.14. The zero-order valence-corrected chi connectivity index (χ0v) is 14.7. The zero-order chi connectivity index (χ0) is 13.1. The molecule has 5 nitrogen and oxygen atoms in total. The summed E-state index contributed by atoms with van der Waals surface area (Å²) < 4.78 is 4.97. The fourth-order valence-electron chi connectivity index (χ4n) is 1.59. The first kappa shape index (κ1) is 20.2. The molecule has 0 heterocycles. The number of ether oxygens (including phenoxy) is 1.